The number of ether oxygens (including phenoxy) is 4. The van der Waals surface area contributed by atoms with Gasteiger partial charge in [0.05, 0.1) is 23.1 Å². The first-order valence-electron chi connectivity index (χ1n) is 10.5. The van der Waals surface area contributed by atoms with Gasteiger partial charge in [0.15, 0.2) is 0 Å². The van der Waals surface area contributed by atoms with Gasteiger partial charge in [0.2, 0.25) is 6.29 Å². The van der Waals surface area contributed by atoms with Crippen molar-refractivity contribution in [2.75, 3.05) is 6.61 Å². The van der Waals surface area contributed by atoms with Crippen LogP contribution in [0.3, 0.4) is 0 Å². The van der Waals surface area contributed by atoms with E-state index in [-0.39, 0.29) is 13.0 Å². The smallest absolute Gasteiger partial charge is 0.340 e. The second kappa shape index (κ2) is 10.6. The molecule has 4 rings (SSSR count). The summed E-state index contributed by atoms with van der Waals surface area (Å²) in [5.41, 5.74) is 1.14. The zero-order valence-electron chi connectivity index (χ0n) is 17.7. The van der Waals surface area contributed by atoms with Crippen molar-refractivity contribution in [3.05, 3.63) is 108 Å². The van der Waals surface area contributed by atoms with Gasteiger partial charge < -0.3 is 18.9 Å². The van der Waals surface area contributed by atoms with E-state index in [1.54, 1.807) is 91.0 Å². The lowest BCUT2D eigenvalue weighted by Gasteiger charge is -2.18. The molecule has 7 nitrogen and oxygen atoms in total. The highest BCUT2D eigenvalue weighted by Gasteiger charge is 2.41. The molecule has 7 heteroatoms. The van der Waals surface area contributed by atoms with E-state index < -0.39 is 36.4 Å². The minimum atomic E-state index is -0.952. The Morgan fingerprint density at radius 2 is 1.12 bits per heavy atom. The maximum atomic E-state index is 12.6. The molecule has 33 heavy (non-hydrogen) atoms. The fourth-order valence-corrected chi connectivity index (χ4v) is 3.38. The largest absolute Gasteiger partial charge is 0.459 e. The Bertz CT molecular complexity index is 1080. The fourth-order valence-electron chi connectivity index (χ4n) is 3.38. The number of hydrogen-bond acceptors (Lipinski definition) is 7. The van der Waals surface area contributed by atoms with Gasteiger partial charge in [-0.25, -0.2) is 14.4 Å². The molecule has 0 saturated carbocycles. The summed E-state index contributed by atoms with van der Waals surface area (Å²) in [6.07, 6.45) is -2.40. The van der Waals surface area contributed by atoms with E-state index in [2.05, 4.69) is 0 Å². The molecule has 0 aliphatic carbocycles. The average Bonchev–Trinajstić information content (AvgIpc) is 3.24. The third-order valence-electron chi connectivity index (χ3n) is 5.07. The second-order valence-electron chi connectivity index (χ2n) is 7.39. The predicted molar refractivity (Wildman–Crippen MR) is 118 cm³/mol. The molecular formula is C26H22O7. The van der Waals surface area contributed by atoms with Gasteiger partial charge in [-0.2, -0.15) is 0 Å². The highest BCUT2D eigenvalue weighted by molar-refractivity contribution is 5.90. The molecular weight excluding hydrogens is 424 g/mol. The molecule has 3 aromatic rings. The second-order valence-corrected chi connectivity index (χ2v) is 7.39. The van der Waals surface area contributed by atoms with Crippen LogP contribution in [0.1, 0.15) is 37.5 Å². The summed E-state index contributed by atoms with van der Waals surface area (Å²) in [5, 5.41) is 0. The standard InChI is InChI=1S/C26H22O7/c27-24(18-10-4-1-5-11-18)30-17-22-21(32-25(28)19-12-6-2-7-13-19)16-23(31-22)33-26(29)20-14-8-3-9-15-20/h1-15,21-23H,16-17H2/t21-,22-,23+/m0/s1. The molecule has 0 spiro atoms. The van der Waals surface area contributed by atoms with Gasteiger partial charge in [0.1, 0.15) is 18.8 Å². The van der Waals surface area contributed by atoms with Crippen molar-refractivity contribution in [2.45, 2.75) is 24.9 Å². The Kier molecular flexibility index (Phi) is 7.12. The number of carbonyl (C=O) groups excluding carboxylic acids is 3. The van der Waals surface area contributed by atoms with E-state index in [9.17, 15) is 14.4 Å². The van der Waals surface area contributed by atoms with E-state index in [1.165, 1.54) is 0 Å². The van der Waals surface area contributed by atoms with E-state index in [4.69, 9.17) is 18.9 Å². The van der Waals surface area contributed by atoms with Crippen LogP contribution in [0.5, 0.6) is 0 Å². The van der Waals surface area contributed by atoms with Crippen molar-refractivity contribution in [1.82, 2.24) is 0 Å². The third-order valence-corrected chi connectivity index (χ3v) is 5.07. The van der Waals surface area contributed by atoms with Crippen LogP contribution < -0.4 is 0 Å². The lowest BCUT2D eigenvalue weighted by atomic mass is 10.1. The SMILES string of the molecule is O=C(OC[C@@H]1O[C@H](OC(=O)c2ccccc2)C[C@@H]1OC(=O)c1ccccc1)c1ccccc1. The molecule has 3 atom stereocenters. The molecule has 0 aromatic heterocycles. The Balaban J connectivity index is 1.43. The molecule has 0 radical (unpaired) electrons. The zero-order valence-corrected chi connectivity index (χ0v) is 17.7. The summed E-state index contributed by atoms with van der Waals surface area (Å²) in [7, 11) is 0. The first kappa shape index (κ1) is 22.2. The predicted octanol–water partition coefficient (Wildman–Crippen LogP) is 4.04. The normalized spacial score (nSPS) is 19.5. The summed E-state index contributed by atoms with van der Waals surface area (Å²) in [4.78, 5) is 37.3. The molecule has 1 saturated heterocycles. The number of benzene rings is 3. The van der Waals surface area contributed by atoms with Gasteiger partial charge in [-0.05, 0) is 36.4 Å². The highest BCUT2D eigenvalue weighted by Crippen LogP contribution is 2.27. The van der Waals surface area contributed by atoms with E-state index >= 15 is 0 Å². The molecule has 0 amide bonds. The average molecular weight is 446 g/mol. The van der Waals surface area contributed by atoms with Crippen molar-refractivity contribution >= 4 is 17.9 Å². The minimum absolute atomic E-state index is 0.116. The summed E-state index contributed by atoms with van der Waals surface area (Å²) in [6.45, 7) is -0.167. The first-order valence-corrected chi connectivity index (χ1v) is 10.5. The summed E-state index contributed by atoms with van der Waals surface area (Å²) >= 11 is 0. The van der Waals surface area contributed by atoms with Crippen LogP contribution in [0.25, 0.3) is 0 Å². The molecule has 3 aromatic carbocycles. The molecule has 0 N–H and O–H groups in total. The van der Waals surface area contributed by atoms with Gasteiger partial charge in [-0.3, -0.25) is 0 Å². The first-order chi connectivity index (χ1) is 16.1. The highest BCUT2D eigenvalue weighted by atomic mass is 16.7. The Morgan fingerprint density at radius 1 is 0.667 bits per heavy atom. The molecule has 1 aliphatic heterocycles. The number of esters is 3. The summed E-state index contributed by atoms with van der Waals surface area (Å²) in [5.74, 6) is -1.63. The molecule has 0 unspecified atom stereocenters. The maximum Gasteiger partial charge on any atom is 0.340 e. The van der Waals surface area contributed by atoms with Crippen molar-refractivity contribution in [1.29, 1.82) is 0 Å². The van der Waals surface area contributed by atoms with Gasteiger partial charge in [-0.1, -0.05) is 54.6 Å². The minimum Gasteiger partial charge on any atom is -0.459 e. The molecule has 1 aliphatic rings. The van der Waals surface area contributed by atoms with Crippen molar-refractivity contribution in [3.63, 3.8) is 0 Å². The molecule has 168 valence electrons. The topological polar surface area (TPSA) is 88.1 Å². The van der Waals surface area contributed by atoms with Gasteiger partial charge in [0, 0.05) is 0 Å². The molecule has 1 heterocycles. The van der Waals surface area contributed by atoms with E-state index in [0.717, 1.165) is 0 Å². The van der Waals surface area contributed by atoms with Gasteiger partial charge >= 0.3 is 17.9 Å². The van der Waals surface area contributed by atoms with Crippen molar-refractivity contribution in [2.24, 2.45) is 0 Å². The summed E-state index contributed by atoms with van der Waals surface area (Å²) in [6, 6.07) is 25.5. The maximum absolute atomic E-state index is 12.6. The van der Waals surface area contributed by atoms with Crippen LogP contribution in [-0.2, 0) is 18.9 Å². The van der Waals surface area contributed by atoms with Crippen LogP contribution >= 0.6 is 0 Å². The van der Waals surface area contributed by atoms with Crippen LogP contribution in [0, 0.1) is 0 Å². The van der Waals surface area contributed by atoms with E-state index in [1.807, 2.05) is 0 Å². The van der Waals surface area contributed by atoms with Gasteiger partial charge in [0.25, 0.3) is 0 Å². The third kappa shape index (κ3) is 5.84. The van der Waals surface area contributed by atoms with Crippen LogP contribution in [0.2, 0.25) is 0 Å². The van der Waals surface area contributed by atoms with Crippen LogP contribution in [0.15, 0.2) is 91.0 Å². The number of carbonyl (C=O) groups is 3. The van der Waals surface area contributed by atoms with Crippen LogP contribution in [-0.4, -0.2) is 43.0 Å². The molecule has 0 bridgehead atoms. The van der Waals surface area contributed by atoms with Crippen molar-refractivity contribution < 1.29 is 33.3 Å². The summed E-state index contributed by atoms with van der Waals surface area (Å²) < 4.78 is 22.2. The Labute approximate surface area is 190 Å². The monoisotopic (exact) mass is 446 g/mol. The van der Waals surface area contributed by atoms with Gasteiger partial charge in [-0.15, -0.1) is 0 Å². The van der Waals surface area contributed by atoms with Crippen LogP contribution in [0.4, 0.5) is 0 Å². The lowest BCUT2D eigenvalue weighted by molar-refractivity contribution is -0.117. The lowest BCUT2D eigenvalue weighted by Crippen LogP contribution is -2.32. The number of hydrogen-bond donors (Lipinski definition) is 0. The number of rotatable bonds is 7. The quantitative estimate of drug-likeness (QED) is 0.400. The zero-order chi connectivity index (χ0) is 23.0. The van der Waals surface area contributed by atoms with E-state index in [0.29, 0.717) is 16.7 Å². The Morgan fingerprint density at radius 3 is 1.64 bits per heavy atom. The Hall–Kier alpha value is -3.97. The van der Waals surface area contributed by atoms with Crippen molar-refractivity contribution in [3.8, 4) is 0 Å². The fraction of sp³-hybridized carbons (Fsp3) is 0.192. The molecule has 1 fully saturated rings.